The third-order valence-electron chi connectivity index (χ3n) is 3.60. The number of hydrogen-bond donors (Lipinski definition) is 1. The maximum Gasteiger partial charge on any atom is 0.280 e. The monoisotopic (exact) mass is 355 g/mol. The highest BCUT2D eigenvalue weighted by atomic mass is 79.9. The first-order valence-corrected chi connectivity index (χ1v) is 7.74. The van der Waals surface area contributed by atoms with Crippen LogP contribution in [0.2, 0.25) is 0 Å². The Bertz CT molecular complexity index is 623. The van der Waals surface area contributed by atoms with Crippen molar-refractivity contribution in [2.45, 2.75) is 38.4 Å². The summed E-state index contributed by atoms with van der Waals surface area (Å²) in [5.74, 6) is 0. The summed E-state index contributed by atoms with van der Waals surface area (Å²) in [7, 11) is 0. The molecule has 1 heterocycles. The van der Waals surface area contributed by atoms with Crippen molar-refractivity contribution >= 4 is 15.9 Å². The molecule has 3 nitrogen and oxygen atoms in total. The van der Waals surface area contributed by atoms with E-state index in [1.165, 1.54) is 4.68 Å². The van der Waals surface area contributed by atoms with Crippen molar-refractivity contribution in [3.63, 3.8) is 0 Å². The largest absolute Gasteiger partial charge is 0.310 e. The molecule has 0 bridgehead atoms. The highest BCUT2D eigenvalue weighted by molar-refractivity contribution is 9.10. The van der Waals surface area contributed by atoms with Gasteiger partial charge in [0.05, 0.1) is 12.7 Å². The number of benzene rings is 1. The topological polar surface area (TPSA) is 29.9 Å². The van der Waals surface area contributed by atoms with Crippen LogP contribution in [-0.2, 0) is 13.1 Å². The molecule has 3 rings (SSSR count). The average molecular weight is 356 g/mol. The Hall–Kier alpha value is -1.27. The number of nitrogens with one attached hydrogen (secondary N) is 1. The van der Waals surface area contributed by atoms with Crippen LogP contribution in [0.15, 0.2) is 34.9 Å². The van der Waals surface area contributed by atoms with Gasteiger partial charge in [0, 0.05) is 22.6 Å². The third-order valence-corrected chi connectivity index (χ3v) is 4.38. The SMILES string of the molecule is FC(F)c1c(CNC2CC2)cnn1Cc1ccccc1Br. The van der Waals surface area contributed by atoms with E-state index < -0.39 is 6.43 Å². The van der Waals surface area contributed by atoms with E-state index in [9.17, 15) is 8.78 Å². The van der Waals surface area contributed by atoms with Gasteiger partial charge in [-0.1, -0.05) is 34.1 Å². The Morgan fingerprint density at radius 2 is 2.05 bits per heavy atom. The minimum Gasteiger partial charge on any atom is -0.310 e. The summed E-state index contributed by atoms with van der Waals surface area (Å²) < 4.78 is 29.0. The van der Waals surface area contributed by atoms with E-state index in [1.807, 2.05) is 24.3 Å². The molecular weight excluding hydrogens is 340 g/mol. The number of rotatable bonds is 6. The first-order chi connectivity index (χ1) is 10.1. The lowest BCUT2D eigenvalue weighted by Gasteiger charge is -2.10. The molecule has 112 valence electrons. The summed E-state index contributed by atoms with van der Waals surface area (Å²) in [6.07, 6.45) is 1.30. The summed E-state index contributed by atoms with van der Waals surface area (Å²) in [4.78, 5) is 0. The Balaban J connectivity index is 1.82. The quantitative estimate of drug-likeness (QED) is 0.851. The van der Waals surface area contributed by atoms with Crippen LogP contribution in [0.3, 0.4) is 0 Å². The Kier molecular flexibility index (Phi) is 4.35. The molecule has 2 aromatic rings. The minimum absolute atomic E-state index is 0.0129. The van der Waals surface area contributed by atoms with Crippen molar-refractivity contribution in [2.75, 3.05) is 0 Å². The lowest BCUT2D eigenvalue weighted by molar-refractivity contribution is 0.138. The van der Waals surface area contributed by atoms with Crippen molar-refractivity contribution in [3.05, 3.63) is 51.8 Å². The smallest absolute Gasteiger partial charge is 0.280 e. The zero-order valence-corrected chi connectivity index (χ0v) is 13.0. The van der Waals surface area contributed by atoms with Gasteiger partial charge in [0.15, 0.2) is 0 Å². The van der Waals surface area contributed by atoms with Crippen LogP contribution in [0.4, 0.5) is 8.78 Å². The molecule has 0 unspecified atom stereocenters. The van der Waals surface area contributed by atoms with E-state index in [4.69, 9.17) is 0 Å². The summed E-state index contributed by atoms with van der Waals surface area (Å²) >= 11 is 3.44. The molecule has 1 aliphatic carbocycles. The van der Waals surface area contributed by atoms with Crippen molar-refractivity contribution in [3.8, 4) is 0 Å². The van der Waals surface area contributed by atoms with E-state index in [1.54, 1.807) is 6.20 Å². The normalized spacial score (nSPS) is 14.9. The van der Waals surface area contributed by atoms with Crippen LogP contribution in [0.1, 0.15) is 36.1 Å². The van der Waals surface area contributed by atoms with Crippen LogP contribution in [0.25, 0.3) is 0 Å². The van der Waals surface area contributed by atoms with Gasteiger partial charge in [0.1, 0.15) is 5.69 Å². The van der Waals surface area contributed by atoms with Crippen molar-refractivity contribution in [2.24, 2.45) is 0 Å². The van der Waals surface area contributed by atoms with Gasteiger partial charge in [-0.2, -0.15) is 5.10 Å². The molecule has 0 spiro atoms. The molecule has 0 atom stereocenters. The van der Waals surface area contributed by atoms with Crippen LogP contribution in [0.5, 0.6) is 0 Å². The second kappa shape index (κ2) is 6.23. The molecule has 1 aromatic heterocycles. The Morgan fingerprint density at radius 3 is 2.71 bits per heavy atom. The summed E-state index contributed by atoms with van der Waals surface area (Å²) in [6, 6.07) is 8.08. The summed E-state index contributed by atoms with van der Waals surface area (Å²) in [6.45, 7) is 0.796. The molecule has 0 radical (unpaired) electrons. The predicted molar refractivity (Wildman–Crippen MR) is 80.3 cm³/mol. The molecular formula is C15H16BrF2N3. The number of alkyl halides is 2. The molecule has 0 amide bonds. The van der Waals surface area contributed by atoms with Crippen LogP contribution >= 0.6 is 15.9 Å². The lowest BCUT2D eigenvalue weighted by atomic mass is 10.2. The standard InChI is InChI=1S/C15H16BrF2N3/c16-13-4-2-1-3-10(13)9-21-14(15(17)18)11(8-20-21)7-19-12-5-6-12/h1-4,8,12,15,19H,5-7,9H2. The van der Waals surface area contributed by atoms with Gasteiger partial charge in [0.2, 0.25) is 0 Å². The maximum absolute atomic E-state index is 13.4. The van der Waals surface area contributed by atoms with Crippen molar-refractivity contribution in [1.29, 1.82) is 0 Å². The van der Waals surface area contributed by atoms with Crippen LogP contribution in [0, 0.1) is 0 Å². The van der Waals surface area contributed by atoms with Gasteiger partial charge in [-0.05, 0) is 24.5 Å². The molecule has 6 heteroatoms. The van der Waals surface area contributed by atoms with E-state index in [-0.39, 0.29) is 5.69 Å². The van der Waals surface area contributed by atoms with Gasteiger partial charge in [-0.25, -0.2) is 8.78 Å². The van der Waals surface area contributed by atoms with E-state index in [2.05, 4.69) is 26.3 Å². The first kappa shape index (κ1) is 14.7. The van der Waals surface area contributed by atoms with Gasteiger partial charge in [0.25, 0.3) is 6.43 Å². The molecule has 1 saturated carbocycles. The van der Waals surface area contributed by atoms with E-state index >= 15 is 0 Å². The number of nitrogens with zero attached hydrogens (tertiary/aromatic N) is 2. The molecule has 0 saturated heterocycles. The van der Waals surface area contributed by atoms with Gasteiger partial charge < -0.3 is 5.32 Å². The fourth-order valence-corrected chi connectivity index (χ4v) is 2.69. The molecule has 1 fully saturated rings. The van der Waals surface area contributed by atoms with E-state index in [0.717, 1.165) is 22.9 Å². The fourth-order valence-electron chi connectivity index (χ4n) is 2.28. The van der Waals surface area contributed by atoms with E-state index in [0.29, 0.717) is 24.7 Å². The predicted octanol–water partition coefficient (Wildman–Crippen LogP) is 3.88. The highest BCUT2D eigenvalue weighted by Crippen LogP contribution is 2.26. The number of hydrogen-bond acceptors (Lipinski definition) is 2. The summed E-state index contributed by atoms with van der Waals surface area (Å²) in [5.41, 5.74) is 1.53. The van der Waals surface area contributed by atoms with Crippen molar-refractivity contribution < 1.29 is 8.78 Å². The molecule has 1 N–H and O–H groups in total. The molecule has 21 heavy (non-hydrogen) atoms. The second-order valence-corrected chi connectivity index (χ2v) is 6.11. The number of aromatic nitrogens is 2. The maximum atomic E-state index is 13.4. The third kappa shape index (κ3) is 3.49. The van der Waals surface area contributed by atoms with Crippen molar-refractivity contribution in [1.82, 2.24) is 15.1 Å². The zero-order valence-electron chi connectivity index (χ0n) is 11.4. The van der Waals surface area contributed by atoms with Crippen LogP contribution in [-0.4, -0.2) is 15.8 Å². The average Bonchev–Trinajstić information content (AvgIpc) is 3.19. The Labute approximate surface area is 130 Å². The molecule has 1 aliphatic rings. The fraction of sp³-hybridized carbons (Fsp3) is 0.400. The van der Waals surface area contributed by atoms with Gasteiger partial charge in [-0.3, -0.25) is 4.68 Å². The molecule has 1 aromatic carbocycles. The zero-order chi connectivity index (χ0) is 14.8. The molecule has 0 aliphatic heterocycles. The first-order valence-electron chi connectivity index (χ1n) is 6.94. The van der Waals surface area contributed by atoms with Gasteiger partial charge in [-0.15, -0.1) is 0 Å². The lowest BCUT2D eigenvalue weighted by Crippen LogP contribution is -2.17. The van der Waals surface area contributed by atoms with Crippen LogP contribution < -0.4 is 5.32 Å². The second-order valence-electron chi connectivity index (χ2n) is 5.26. The van der Waals surface area contributed by atoms with Gasteiger partial charge >= 0.3 is 0 Å². The minimum atomic E-state index is -2.52. The highest BCUT2D eigenvalue weighted by Gasteiger charge is 2.24. The number of halogens is 3. The summed E-state index contributed by atoms with van der Waals surface area (Å²) in [5, 5.41) is 7.41. The Morgan fingerprint density at radius 1 is 1.29 bits per heavy atom.